The third-order valence-corrected chi connectivity index (χ3v) is 4.66. The summed E-state index contributed by atoms with van der Waals surface area (Å²) < 4.78 is 24.6. The fourth-order valence-electron chi connectivity index (χ4n) is 2.66. The molecule has 0 aliphatic rings. The van der Waals surface area contributed by atoms with Crippen molar-refractivity contribution in [3.63, 3.8) is 0 Å². The van der Waals surface area contributed by atoms with Crippen molar-refractivity contribution in [3.8, 4) is 0 Å². The molecule has 0 aliphatic heterocycles. The third-order valence-electron chi connectivity index (χ3n) is 3.94. The molecule has 0 fully saturated rings. The van der Waals surface area contributed by atoms with Crippen LogP contribution in [0.1, 0.15) is 11.1 Å². The number of halogens is 2. The Kier molecular flexibility index (Phi) is 7.95. The Morgan fingerprint density at radius 3 is 2.04 bits per heavy atom. The zero-order valence-electron chi connectivity index (χ0n) is 16.0. The van der Waals surface area contributed by atoms with Crippen LogP contribution in [0.3, 0.4) is 0 Å². The molecule has 0 heterocycles. The molecule has 150 valence electrons. The van der Waals surface area contributed by atoms with Gasteiger partial charge in [-0.2, -0.15) is 8.78 Å². The lowest BCUT2D eigenvalue weighted by Crippen LogP contribution is -2.36. The number of likely N-dealkylation sites (N-methyl/N-ethyl adjacent to an activating group) is 1. The number of carbonyl (C=O) groups excluding carboxylic acids is 2. The van der Waals surface area contributed by atoms with E-state index in [9.17, 15) is 18.4 Å². The highest BCUT2D eigenvalue weighted by atomic mass is 32.2. The summed E-state index contributed by atoms with van der Waals surface area (Å²) in [6, 6.07) is 11.9. The quantitative estimate of drug-likeness (QED) is 0.646. The number of para-hydroxylation sites is 1. The van der Waals surface area contributed by atoms with Crippen LogP contribution in [-0.2, 0) is 9.59 Å². The van der Waals surface area contributed by atoms with Crippen molar-refractivity contribution in [2.75, 3.05) is 30.8 Å². The molecule has 2 aromatic rings. The van der Waals surface area contributed by atoms with Crippen molar-refractivity contribution in [2.24, 2.45) is 0 Å². The number of rotatable bonds is 8. The van der Waals surface area contributed by atoms with Gasteiger partial charge in [0, 0.05) is 16.3 Å². The summed E-state index contributed by atoms with van der Waals surface area (Å²) in [5, 5.41) is 5.56. The number of amides is 2. The van der Waals surface area contributed by atoms with Crippen molar-refractivity contribution < 1.29 is 18.4 Å². The van der Waals surface area contributed by atoms with Gasteiger partial charge in [0.15, 0.2) is 0 Å². The molecule has 28 heavy (non-hydrogen) atoms. The Bertz CT molecular complexity index is 808. The summed E-state index contributed by atoms with van der Waals surface area (Å²) in [6.07, 6.45) is 0. The van der Waals surface area contributed by atoms with Gasteiger partial charge in [-0.3, -0.25) is 14.5 Å². The van der Waals surface area contributed by atoms with Crippen LogP contribution in [0.25, 0.3) is 0 Å². The van der Waals surface area contributed by atoms with Crippen molar-refractivity contribution >= 4 is 35.0 Å². The van der Waals surface area contributed by atoms with Gasteiger partial charge >= 0.3 is 0 Å². The number of anilines is 2. The second-order valence-corrected chi connectivity index (χ2v) is 7.50. The first-order chi connectivity index (χ1) is 13.2. The minimum Gasteiger partial charge on any atom is -0.325 e. The molecule has 0 aliphatic carbocycles. The molecule has 2 amide bonds. The van der Waals surface area contributed by atoms with Crippen LogP contribution in [0.4, 0.5) is 20.2 Å². The largest absolute Gasteiger partial charge is 0.325 e. The van der Waals surface area contributed by atoms with E-state index in [2.05, 4.69) is 10.6 Å². The van der Waals surface area contributed by atoms with Crippen LogP contribution >= 0.6 is 11.8 Å². The van der Waals surface area contributed by atoms with Crippen LogP contribution in [0.5, 0.6) is 0 Å². The third kappa shape index (κ3) is 6.94. The molecule has 0 saturated heterocycles. The maximum Gasteiger partial charge on any atom is 0.288 e. The lowest BCUT2D eigenvalue weighted by atomic mass is 10.1. The number of aryl methyl sites for hydroxylation is 2. The number of thioether (sulfide) groups is 1. The van der Waals surface area contributed by atoms with Crippen LogP contribution in [0, 0.1) is 13.8 Å². The zero-order valence-corrected chi connectivity index (χ0v) is 16.8. The van der Waals surface area contributed by atoms with Gasteiger partial charge in [-0.05, 0) is 56.3 Å². The number of benzene rings is 2. The van der Waals surface area contributed by atoms with Crippen molar-refractivity contribution in [1.29, 1.82) is 0 Å². The summed E-state index contributed by atoms with van der Waals surface area (Å²) in [6.45, 7) is 3.93. The number of hydrogen-bond donors (Lipinski definition) is 2. The number of nitrogens with zero attached hydrogens (tertiary/aromatic N) is 1. The summed E-state index contributed by atoms with van der Waals surface area (Å²) in [4.78, 5) is 26.4. The predicted octanol–water partition coefficient (Wildman–Crippen LogP) is 4.13. The first-order valence-corrected chi connectivity index (χ1v) is 9.52. The van der Waals surface area contributed by atoms with E-state index in [0.29, 0.717) is 22.3 Å². The fraction of sp³-hybridized carbons (Fsp3) is 0.300. The van der Waals surface area contributed by atoms with Gasteiger partial charge in [0.05, 0.1) is 13.1 Å². The van der Waals surface area contributed by atoms with E-state index in [1.54, 1.807) is 24.1 Å². The van der Waals surface area contributed by atoms with E-state index in [4.69, 9.17) is 0 Å². The van der Waals surface area contributed by atoms with Crippen LogP contribution in [0.2, 0.25) is 0 Å². The number of hydrogen-bond acceptors (Lipinski definition) is 4. The Balaban J connectivity index is 1.82. The molecule has 8 heteroatoms. The fourth-order valence-corrected chi connectivity index (χ4v) is 3.16. The van der Waals surface area contributed by atoms with Crippen LogP contribution < -0.4 is 10.6 Å². The molecule has 0 saturated carbocycles. The highest BCUT2D eigenvalue weighted by molar-refractivity contribution is 7.99. The van der Waals surface area contributed by atoms with Gasteiger partial charge in [-0.15, -0.1) is 0 Å². The van der Waals surface area contributed by atoms with Crippen LogP contribution in [0.15, 0.2) is 47.4 Å². The maximum absolute atomic E-state index is 12.3. The Morgan fingerprint density at radius 1 is 0.964 bits per heavy atom. The number of alkyl halides is 2. The Hall–Kier alpha value is -2.45. The summed E-state index contributed by atoms with van der Waals surface area (Å²) in [5.74, 6) is -2.98. The van der Waals surface area contributed by atoms with Crippen molar-refractivity contribution in [1.82, 2.24) is 4.90 Å². The second-order valence-electron chi connectivity index (χ2n) is 6.44. The summed E-state index contributed by atoms with van der Waals surface area (Å²) in [5.41, 5.74) is 3.24. The van der Waals surface area contributed by atoms with Crippen molar-refractivity contribution in [2.45, 2.75) is 24.5 Å². The first kappa shape index (κ1) is 21.8. The van der Waals surface area contributed by atoms with E-state index in [0.717, 1.165) is 16.8 Å². The van der Waals surface area contributed by atoms with E-state index < -0.39 is 5.76 Å². The van der Waals surface area contributed by atoms with Gasteiger partial charge in [0.25, 0.3) is 5.76 Å². The number of nitrogens with one attached hydrogen (secondary N) is 2. The van der Waals surface area contributed by atoms with Gasteiger partial charge in [-0.1, -0.05) is 30.0 Å². The average molecular weight is 407 g/mol. The normalized spacial score (nSPS) is 11.0. The summed E-state index contributed by atoms with van der Waals surface area (Å²) in [7, 11) is 1.67. The monoisotopic (exact) mass is 407 g/mol. The molecular weight excluding hydrogens is 384 g/mol. The van der Waals surface area contributed by atoms with E-state index in [1.807, 2.05) is 32.0 Å². The lowest BCUT2D eigenvalue weighted by molar-refractivity contribution is -0.119. The Morgan fingerprint density at radius 2 is 1.50 bits per heavy atom. The van der Waals surface area contributed by atoms with Gasteiger partial charge in [0.2, 0.25) is 11.8 Å². The molecule has 2 aromatic carbocycles. The standard InChI is InChI=1S/C20H23F2N3O2S/c1-13-5-4-6-14(2)19(13)24-18(27)12-25(3)11-17(26)23-15-7-9-16(10-8-15)28-20(21)22/h4-10,20H,11-12H2,1-3H3,(H,23,26)(H,24,27). The Labute approximate surface area is 167 Å². The van der Waals surface area contributed by atoms with E-state index >= 15 is 0 Å². The summed E-state index contributed by atoms with van der Waals surface area (Å²) >= 11 is 0.447. The number of carbonyl (C=O) groups is 2. The molecular formula is C20H23F2N3O2S. The van der Waals surface area contributed by atoms with Crippen molar-refractivity contribution in [3.05, 3.63) is 53.6 Å². The molecule has 0 radical (unpaired) electrons. The molecule has 0 spiro atoms. The maximum atomic E-state index is 12.3. The minimum atomic E-state index is -2.48. The molecule has 0 aromatic heterocycles. The zero-order chi connectivity index (χ0) is 20.7. The molecule has 0 unspecified atom stereocenters. The molecule has 2 rings (SSSR count). The smallest absolute Gasteiger partial charge is 0.288 e. The topological polar surface area (TPSA) is 61.4 Å². The van der Waals surface area contributed by atoms with E-state index in [-0.39, 0.29) is 24.9 Å². The first-order valence-electron chi connectivity index (χ1n) is 8.64. The molecule has 0 atom stereocenters. The highest BCUT2D eigenvalue weighted by Gasteiger charge is 2.13. The predicted molar refractivity (Wildman–Crippen MR) is 109 cm³/mol. The SMILES string of the molecule is Cc1cccc(C)c1NC(=O)CN(C)CC(=O)Nc1ccc(SC(F)F)cc1. The van der Waals surface area contributed by atoms with Crippen LogP contribution in [-0.4, -0.2) is 42.6 Å². The highest BCUT2D eigenvalue weighted by Crippen LogP contribution is 2.26. The lowest BCUT2D eigenvalue weighted by Gasteiger charge is -2.17. The van der Waals surface area contributed by atoms with Gasteiger partial charge in [-0.25, -0.2) is 0 Å². The molecule has 2 N–H and O–H groups in total. The van der Waals surface area contributed by atoms with Gasteiger partial charge in [0.1, 0.15) is 0 Å². The molecule has 0 bridgehead atoms. The van der Waals surface area contributed by atoms with E-state index in [1.165, 1.54) is 12.1 Å². The molecule has 5 nitrogen and oxygen atoms in total. The minimum absolute atomic E-state index is 0.0215. The average Bonchev–Trinajstić information content (AvgIpc) is 2.59. The second kappa shape index (κ2) is 10.2. The van der Waals surface area contributed by atoms with Gasteiger partial charge < -0.3 is 10.6 Å².